The lowest BCUT2D eigenvalue weighted by molar-refractivity contribution is -0.154. The highest BCUT2D eigenvalue weighted by Crippen LogP contribution is 2.22. The number of halogens is 3. The van der Waals surface area contributed by atoms with Crippen molar-refractivity contribution < 1.29 is 37.3 Å². The molecule has 1 aromatic rings. The molecule has 1 fully saturated rings. The van der Waals surface area contributed by atoms with Crippen LogP contribution in [0.25, 0.3) is 0 Å². The quantitative estimate of drug-likeness (QED) is 0.797. The van der Waals surface area contributed by atoms with Crippen molar-refractivity contribution in [2.24, 2.45) is 0 Å². The predicted octanol–water partition coefficient (Wildman–Crippen LogP) is 1.43. The number of aromatic nitrogens is 1. The Balaban J connectivity index is 1.97. The van der Waals surface area contributed by atoms with Crippen LogP contribution in [0.5, 0.6) is 11.8 Å². The lowest BCUT2D eigenvalue weighted by atomic mass is 10.3. The van der Waals surface area contributed by atoms with E-state index in [2.05, 4.69) is 14.6 Å². The molecule has 0 amide bonds. The average molecular weight is 350 g/mol. The summed E-state index contributed by atoms with van der Waals surface area (Å²) in [6.07, 6.45) is -4.51. The van der Waals surface area contributed by atoms with Crippen LogP contribution in [-0.4, -0.2) is 73.2 Å². The van der Waals surface area contributed by atoms with Gasteiger partial charge in [-0.15, -0.1) is 0 Å². The Hall–Kier alpha value is -2.07. The van der Waals surface area contributed by atoms with Crippen LogP contribution in [0.15, 0.2) is 12.1 Å². The van der Waals surface area contributed by atoms with Gasteiger partial charge in [-0.05, 0) is 6.07 Å². The summed E-state index contributed by atoms with van der Waals surface area (Å²) in [4.78, 5) is 16.9. The highest BCUT2D eigenvalue weighted by molar-refractivity contribution is 5.90. The van der Waals surface area contributed by atoms with E-state index in [0.717, 1.165) is 25.2 Å². The van der Waals surface area contributed by atoms with Crippen molar-refractivity contribution >= 4 is 5.97 Å². The molecule has 1 aliphatic rings. The van der Waals surface area contributed by atoms with Crippen LogP contribution in [0.2, 0.25) is 0 Å². The molecule has 1 aromatic heterocycles. The molecule has 7 nitrogen and oxygen atoms in total. The zero-order chi connectivity index (χ0) is 17.6. The zero-order valence-corrected chi connectivity index (χ0v) is 12.7. The predicted molar refractivity (Wildman–Crippen MR) is 75.5 cm³/mol. The maximum Gasteiger partial charge on any atom is 0.422 e. The van der Waals surface area contributed by atoms with Crippen LogP contribution in [0.1, 0.15) is 10.4 Å². The Morgan fingerprint density at radius 1 is 1.29 bits per heavy atom. The van der Waals surface area contributed by atoms with E-state index in [-0.39, 0.29) is 23.9 Å². The minimum atomic E-state index is -4.51. The molecule has 0 saturated carbocycles. The van der Waals surface area contributed by atoms with Crippen LogP contribution in [-0.2, 0) is 4.74 Å². The molecule has 0 unspecified atom stereocenters. The first-order valence-corrected chi connectivity index (χ1v) is 7.22. The number of hydrogen-bond donors (Lipinski definition) is 1. The molecule has 0 aliphatic carbocycles. The molecular weight excluding hydrogens is 333 g/mol. The van der Waals surface area contributed by atoms with E-state index >= 15 is 0 Å². The van der Waals surface area contributed by atoms with Gasteiger partial charge in [0, 0.05) is 25.7 Å². The number of hydrogen-bond acceptors (Lipinski definition) is 6. The molecule has 0 spiro atoms. The van der Waals surface area contributed by atoms with Crippen molar-refractivity contribution in [3.05, 3.63) is 17.7 Å². The maximum atomic E-state index is 12.2. The van der Waals surface area contributed by atoms with Crippen LogP contribution in [0.4, 0.5) is 13.2 Å². The fraction of sp³-hybridized carbons (Fsp3) is 0.571. The topological polar surface area (TPSA) is 81.1 Å². The van der Waals surface area contributed by atoms with Gasteiger partial charge in [-0.3, -0.25) is 4.90 Å². The number of ether oxygens (including phenoxy) is 3. The van der Waals surface area contributed by atoms with Gasteiger partial charge in [-0.25, -0.2) is 4.79 Å². The number of carboxylic acids is 1. The monoisotopic (exact) mass is 350 g/mol. The fourth-order valence-electron chi connectivity index (χ4n) is 2.03. The van der Waals surface area contributed by atoms with E-state index in [1.165, 1.54) is 0 Å². The third-order valence-corrected chi connectivity index (χ3v) is 3.20. The van der Waals surface area contributed by atoms with Gasteiger partial charge in [0.25, 0.3) is 0 Å². The molecule has 0 radical (unpaired) electrons. The van der Waals surface area contributed by atoms with E-state index in [1.807, 2.05) is 0 Å². The van der Waals surface area contributed by atoms with E-state index in [1.54, 1.807) is 0 Å². The molecule has 1 aliphatic heterocycles. The smallest absolute Gasteiger partial charge is 0.422 e. The molecule has 10 heteroatoms. The van der Waals surface area contributed by atoms with Crippen molar-refractivity contribution in [1.82, 2.24) is 9.88 Å². The van der Waals surface area contributed by atoms with E-state index in [4.69, 9.17) is 14.6 Å². The molecule has 0 bridgehead atoms. The lowest BCUT2D eigenvalue weighted by Gasteiger charge is -2.26. The van der Waals surface area contributed by atoms with Crippen LogP contribution in [0.3, 0.4) is 0 Å². The molecule has 2 heterocycles. The zero-order valence-electron chi connectivity index (χ0n) is 12.7. The van der Waals surface area contributed by atoms with Crippen LogP contribution in [0, 0.1) is 0 Å². The molecule has 2 rings (SSSR count). The van der Waals surface area contributed by atoms with Gasteiger partial charge < -0.3 is 19.3 Å². The van der Waals surface area contributed by atoms with Gasteiger partial charge in [0.1, 0.15) is 12.2 Å². The molecule has 1 N–H and O–H groups in total. The average Bonchev–Trinajstić information content (AvgIpc) is 2.53. The van der Waals surface area contributed by atoms with E-state index in [9.17, 15) is 18.0 Å². The van der Waals surface area contributed by atoms with Gasteiger partial charge in [0.15, 0.2) is 6.61 Å². The SMILES string of the molecule is O=C(O)c1ccc(OCC(F)(F)F)nc1OCCN1CCOCC1. The highest BCUT2D eigenvalue weighted by atomic mass is 19.4. The van der Waals surface area contributed by atoms with Crippen molar-refractivity contribution in [3.8, 4) is 11.8 Å². The summed E-state index contributed by atoms with van der Waals surface area (Å²) in [5, 5.41) is 9.10. The summed E-state index contributed by atoms with van der Waals surface area (Å²) in [5.74, 6) is -1.90. The molecule has 0 aromatic carbocycles. The van der Waals surface area contributed by atoms with Crippen molar-refractivity contribution in [3.63, 3.8) is 0 Å². The number of nitrogens with zero attached hydrogens (tertiary/aromatic N) is 2. The fourth-order valence-corrected chi connectivity index (χ4v) is 2.03. The molecule has 1 saturated heterocycles. The minimum Gasteiger partial charge on any atom is -0.477 e. The summed E-state index contributed by atoms with van der Waals surface area (Å²) in [6, 6.07) is 2.16. The second-order valence-electron chi connectivity index (χ2n) is 5.01. The van der Waals surface area contributed by atoms with E-state index in [0.29, 0.717) is 19.8 Å². The second-order valence-corrected chi connectivity index (χ2v) is 5.01. The largest absolute Gasteiger partial charge is 0.477 e. The molecule has 24 heavy (non-hydrogen) atoms. The summed E-state index contributed by atoms with van der Waals surface area (Å²) in [7, 11) is 0. The molecule has 0 atom stereocenters. The van der Waals surface area contributed by atoms with Crippen molar-refractivity contribution in [1.29, 1.82) is 0 Å². The summed E-state index contributed by atoms with van der Waals surface area (Å²) < 4.78 is 51.5. The van der Waals surface area contributed by atoms with Crippen molar-refractivity contribution in [2.45, 2.75) is 6.18 Å². The third kappa shape index (κ3) is 5.85. The first-order chi connectivity index (χ1) is 11.3. The van der Waals surface area contributed by atoms with Gasteiger partial charge in [0.2, 0.25) is 11.8 Å². The second kappa shape index (κ2) is 8.15. The summed E-state index contributed by atoms with van der Waals surface area (Å²) in [5.41, 5.74) is -0.240. The Morgan fingerprint density at radius 2 is 2.00 bits per heavy atom. The summed E-state index contributed by atoms with van der Waals surface area (Å²) >= 11 is 0. The Bertz CT molecular complexity index is 562. The minimum absolute atomic E-state index is 0.149. The number of rotatable bonds is 7. The van der Waals surface area contributed by atoms with Gasteiger partial charge in [-0.2, -0.15) is 18.2 Å². The number of carbonyl (C=O) groups is 1. The maximum absolute atomic E-state index is 12.2. The number of aromatic carboxylic acids is 1. The first-order valence-electron chi connectivity index (χ1n) is 7.22. The van der Waals surface area contributed by atoms with E-state index < -0.39 is 18.8 Å². The van der Waals surface area contributed by atoms with Gasteiger partial charge >= 0.3 is 12.1 Å². The standard InChI is InChI=1S/C14H17F3N2O5/c15-14(16,17)9-24-11-2-1-10(13(20)21)12(18-11)23-8-5-19-3-6-22-7-4-19/h1-2H,3-9H2,(H,20,21). The number of morpholine rings is 1. The lowest BCUT2D eigenvalue weighted by Crippen LogP contribution is -2.38. The van der Waals surface area contributed by atoms with Crippen LogP contribution >= 0.6 is 0 Å². The third-order valence-electron chi connectivity index (χ3n) is 3.20. The first kappa shape index (κ1) is 18.3. The highest BCUT2D eigenvalue weighted by Gasteiger charge is 2.29. The number of pyridine rings is 1. The van der Waals surface area contributed by atoms with Gasteiger partial charge in [-0.1, -0.05) is 0 Å². The Kier molecular flexibility index (Phi) is 6.21. The summed E-state index contributed by atoms with van der Waals surface area (Å²) in [6.45, 7) is 1.85. The van der Waals surface area contributed by atoms with Crippen LogP contribution < -0.4 is 9.47 Å². The van der Waals surface area contributed by atoms with Gasteiger partial charge in [0.05, 0.1) is 13.2 Å². The normalized spacial score (nSPS) is 16.0. The molecule has 134 valence electrons. The molecular formula is C14H17F3N2O5. The Labute approximate surface area is 135 Å². The number of alkyl halides is 3. The van der Waals surface area contributed by atoms with Crippen molar-refractivity contribution in [2.75, 3.05) is 46.1 Å². The Morgan fingerprint density at radius 3 is 2.62 bits per heavy atom. The number of carboxylic acid groups (broad SMARTS) is 1.